The highest BCUT2D eigenvalue weighted by atomic mass is 32.2. The first-order chi connectivity index (χ1) is 14.9. The average Bonchev–Trinajstić information content (AvgIpc) is 2.81. The zero-order valence-corrected chi connectivity index (χ0v) is 18.6. The molecule has 1 aromatic heterocycles. The first-order valence-corrected chi connectivity index (χ1v) is 12.2. The highest BCUT2D eigenvalue weighted by Crippen LogP contribution is 2.22. The summed E-state index contributed by atoms with van der Waals surface area (Å²) in [4.78, 5) is 15.0. The van der Waals surface area contributed by atoms with Gasteiger partial charge in [0.25, 0.3) is 5.91 Å². The van der Waals surface area contributed by atoms with Gasteiger partial charge in [-0.2, -0.15) is 9.40 Å². The molecular formula is C22H28N4O4S. The number of likely N-dealkylation sites (tertiary alicyclic amines) is 1. The highest BCUT2D eigenvalue weighted by molar-refractivity contribution is 7.89. The van der Waals surface area contributed by atoms with Gasteiger partial charge in [0.2, 0.25) is 15.9 Å². The number of carbonyl (C=O) groups excluding carboxylic acids is 1. The molecule has 0 radical (unpaired) electrons. The maximum atomic E-state index is 13.0. The molecule has 3 heterocycles. The molecule has 0 aliphatic carbocycles. The Kier molecular flexibility index (Phi) is 6.52. The quantitative estimate of drug-likeness (QED) is 0.704. The molecule has 31 heavy (non-hydrogen) atoms. The van der Waals surface area contributed by atoms with E-state index in [1.807, 2.05) is 13.0 Å². The summed E-state index contributed by atoms with van der Waals surface area (Å²) in [6, 6.07) is 9.91. The van der Waals surface area contributed by atoms with Gasteiger partial charge in [-0.3, -0.25) is 4.79 Å². The van der Waals surface area contributed by atoms with Crippen LogP contribution in [0, 0.1) is 6.92 Å². The van der Waals surface area contributed by atoms with Crippen molar-refractivity contribution in [1.82, 2.24) is 19.4 Å². The summed E-state index contributed by atoms with van der Waals surface area (Å²) in [5, 5.41) is 8.04. The van der Waals surface area contributed by atoms with Crippen molar-refractivity contribution in [3.8, 4) is 5.88 Å². The number of aryl methyl sites for hydroxylation is 1. The van der Waals surface area contributed by atoms with Gasteiger partial charge in [0, 0.05) is 31.3 Å². The SMILES string of the molecule is Cc1ccc(OC2CCCN(C(=O)c3ccc(S(=O)(=O)N4CCCCC4)cc3)C2)nn1. The molecule has 1 aromatic carbocycles. The number of hydrogen-bond donors (Lipinski definition) is 0. The van der Waals surface area contributed by atoms with Gasteiger partial charge in [-0.15, -0.1) is 5.10 Å². The summed E-state index contributed by atoms with van der Waals surface area (Å²) >= 11 is 0. The predicted octanol–water partition coefficient (Wildman–Crippen LogP) is 2.64. The van der Waals surface area contributed by atoms with Crippen molar-refractivity contribution in [3.63, 3.8) is 0 Å². The smallest absolute Gasteiger partial charge is 0.253 e. The average molecular weight is 445 g/mol. The van der Waals surface area contributed by atoms with E-state index in [2.05, 4.69) is 10.2 Å². The monoisotopic (exact) mass is 444 g/mol. The molecule has 1 unspecified atom stereocenters. The van der Waals surface area contributed by atoms with Crippen LogP contribution in [0.2, 0.25) is 0 Å². The summed E-state index contributed by atoms with van der Waals surface area (Å²) in [7, 11) is -3.50. The van der Waals surface area contributed by atoms with Crippen molar-refractivity contribution in [3.05, 3.63) is 47.7 Å². The van der Waals surface area contributed by atoms with Crippen LogP contribution in [0.3, 0.4) is 0 Å². The minimum absolute atomic E-state index is 0.120. The number of aromatic nitrogens is 2. The molecule has 0 spiro atoms. The van der Waals surface area contributed by atoms with Gasteiger partial charge in [0.1, 0.15) is 6.10 Å². The fourth-order valence-corrected chi connectivity index (χ4v) is 5.56. The lowest BCUT2D eigenvalue weighted by Crippen LogP contribution is -2.44. The van der Waals surface area contributed by atoms with Crippen molar-refractivity contribution < 1.29 is 17.9 Å². The molecule has 4 rings (SSSR count). The fraction of sp³-hybridized carbons (Fsp3) is 0.500. The second kappa shape index (κ2) is 9.32. The van der Waals surface area contributed by atoms with Crippen LogP contribution in [0.5, 0.6) is 5.88 Å². The van der Waals surface area contributed by atoms with Gasteiger partial charge < -0.3 is 9.64 Å². The molecule has 166 valence electrons. The van der Waals surface area contributed by atoms with Crippen molar-refractivity contribution in [2.24, 2.45) is 0 Å². The van der Waals surface area contributed by atoms with Gasteiger partial charge in [-0.05, 0) is 62.9 Å². The van der Waals surface area contributed by atoms with Gasteiger partial charge in [0.15, 0.2) is 0 Å². The fourth-order valence-electron chi connectivity index (χ4n) is 4.05. The van der Waals surface area contributed by atoms with Gasteiger partial charge in [0.05, 0.1) is 17.1 Å². The van der Waals surface area contributed by atoms with E-state index in [-0.39, 0.29) is 16.9 Å². The zero-order valence-electron chi connectivity index (χ0n) is 17.7. The normalized spacial score (nSPS) is 20.4. The van der Waals surface area contributed by atoms with E-state index in [0.717, 1.165) is 37.8 Å². The van der Waals surface area contributed by atoms with Crippen molar-refractivity contribution in [2.45, 2.75) is 50.0 Å². The molecule has 2 aromatic rings. The van der Waals surface area contributed by atoms with Crippen molar-refractivity contribution in [2.75, 3.05) is 26.2 Å². The van der Waals surface area contributed by atoms with E-state index in [1.54, 1.807) is 23.1 Å². The summed E-state index contributed by atoms with van der Waals surface area (Å²) < 4.78 is 33.1. The molecule has 2 saturated heterocycles. The van der Waals surface area contributed by atoms with E-state index in [1.165, 1.54) is 16.4 Å². The maximum absolute atomic E-state index is 13.0. The van der Waals surface area contributed by atoms with Crippen LogP contribution in [0.25, 0.3) is 0 Å². The Morgan fingerprint density at radius 3 is 2.39 bits per heavy atom. The molecule has 8 nitrogen and oxygen atoms in total. The zero-order chi connectivity index (χ0) is 21.8. The molecule has 2 fully saturated rings. The van der Waals surface area contributed by atoms with E-state index in [0.29, 0.717) is 37.6 Å². The van der Waals surface area contributed by atoms with Crippen LogP contribution in [0.1, 0.15) is 48.2 Å². The highest BCUT2D eigenvalue weighted by Gasteiger charge is 2.28. The molecule has 2 aliphatic rings. The number of benzene rings is 1. The van der Waals surface area contributed by atoms with Crippen LogP contribution >= 0.6 is 0 Å². The second-order valence-electron chi connectivity index (χ2n) is 8.14. The van der Waals surface area contributed by atoms with Gasteiger partial charge in [-0.25, -0.2) is 8.42 Å². The summed E-state index contributed by atoms with van der Waals surface area (Å²) in [6.45, 7) is 4.09. The van der Waals surface area contributed by atoms with Crippen molar-refractivity contribution >= 4 is 15.9 Å². The Morgan fingerprint density at radius 2 is 1.71 bits per heavy atom. The number of carbonyl (C=O) groups is 1. The Hall–Kier alpha value is -2.52. The molecule has 0 bridgehead atoms. The number of amides is 1. The number of ether oxygens (including phenoxy) is 1. The Bertz CT molecular complexity index is 1000. The largest absolute Gasteiger partial charge is 0.471 e. The number of rotatable bonds is 5. The molecule has 9 heteroatoms. The van der Waals surface area contributed by atoms with Crippen molar-refractivity contribution in [1.29, 1.82) is 0 Å². The number of sulfonamides is 1. The van der Waals surface area contributed by atoms with E-state index >= 15 is 0 Å². The summed E-state index contributed by atoms with van der Waals surface area (Å²) in [6.07, 6.45) is 4.37. The molecular weight excluding hydrogens is 416 g/mol. The van der Waals surface area contributed by atoms with Crippen LogP contribution < -0.4 is 4.74 Å². The third kappa shape index (κ3) is 5.04. The lowest BCUT2D eigenvalue weighted by Gasteiger charge is -2.32. The third-order valence-electron chi connectivity index (χ3n) is 5.78. The lowest BCUT2D eigenvalue weighted by molar-refractivity contribution is 0.0525. The minimum Gasteiger partial charge on any atom is -0.471 e. The van der Waals surface area contributed by atoms with Gasteiger partial charge in [-0.1, -0.05) is 6.42 Å². The Morgan fingerprint density at radius 1 is 0.968 bits per heavy atom. The first kappa shape index (κ1) is 21.7. The molecule has 1 atom stereocenters. The van der Waals surface area contributed by atoms with E-state index in [9.17, 15) is 13.2 Å². The number of nitrogens with zero attached hydrogens (tertiary/aromatic N) is 4. The van der Waals surface area contributed by atoms with Gasteiger partial charge >= 0.3 is 0 Å². The minimum atomic E-state index is -3.50. The Balaban J connectivity index is 1.41. The molecule has 0 saturated carbocycles. The van der Waals surface area contributed by atoms with Crippen LogP contribution in [-0.2, 0) is 10.0 Å². The van der Waals surface area contributed by atoms with E-state index in [4.69, 9.17) is 4.74 Å². The molecule has 2 aliphatic heterocycles. The Labute approximate surface area is 183 Å². The number of hydrogen-bond acceptors (Lipinski definition) is 6. The topological polar surface area (TPSA) is 92.7 Å². The maximum Gasteiger partial charge on any atom is 0.253 e. The third-order valence-corrected chi connectivity index (χ3v) is 7.69. The molecule has 1 amide bonds. The number of piperidine rings is 2. The molecule has 0 N–H and O–H groups in total. The second-order valence-corrected chi connectivity index (χ2v) is 10.1. The lowest BCUT2D eigenvalue weighted by atomic mass is 10.1. The first-order valence-electron chi connectivity index (χ1n) is 10.8. The van der Waals surface area contributed by atoms with Crippen LogP contribution in [-0.4, -0.2) is 66.0 Å². The van der Waals surface area contributed by atoms with Crippen LogP contribution in [0.15, 0.2) is 41.3 Å². The predicted molar refractivity (Wildman–Crippen MR) is 115 cm³/mol. The summed E-state index contributed by atoms with van der Waals surface area (Å²) in [5.74, 6) is 0.336. The summed E-state index contributed by atoms with van der Waals surface area (Å²) in [5.41, 5.74) is 1.30. The van der Waals surface area contributed by atoms with Crippen LogP contribution in [0.4, 0.5) is 0 Å². The standard InChI is InChI=1S/C22H28N4O4S/c1-17-7-12-21(24-23-17)30-19-6-5-13-25(16-19)22(27)18-8-10-20(11-9-18)31(28,29)26-14-3-2-4-15-26/h7-12,19H,2-6,13-16H2,1H3. The van der Waals surface area contributed by atoms with E-state index < -0.39 is 10.0 Å².